The van der Waals surface area contributed by atoms with Crippen molar-refractivity contribution in [2.45, 2.75) is 0 Å². The Bertz CT molecular complexity index is 1170. The lowest BCUT2D eigenvalue weighted by Gasteiger charge is -2.11. The lowest BCUT2D eigenvalue weighted by molar-refractivity contribution is 0.102. The number of aromatic hydroxyl groups is 1. The zero-order chi connectivity index (χ0) is 20.4. The minimum absolute atomic E-state index is 0.0412. The number of phenolic OH excluding ortho intramolecular Hbond substituents is 1. The van der Waals surface area contributed by atoms with Gasteiger partial charge in [-0.15, -0.1) is 11.3 Å². The molecular weight excluding hydrogens is 388 g/mol. The molecule has 0 saturated heterocycles. The van der Waals surface area contributed by atoms with Crippen LogP contribution in [0, 0.1) is 0 Å². The molecule has 0 unspecified atom stereocenters. The molecule has 6 nitrogen and oxygen atoms in total. The highest BCUT2D eigenvalue weighted by atomic mass is 32.1. The number of fused-ring (bicyclic) bond motifs is 1. The first kappa shape index (κ1) is 18.8. The highest BCUT2D eigenvalue weighted by Crippen LogP contribution is 2.36. The standard InChI is InChI=1S/C22H18N2O4S/c1-27-14-8-10-19(28-2)16(12-14)21(26)23-13-7-9-15(18(25)11-13)22-24-17-5-3-4-6-20(17)29-22/h3-12,25H,1-2H3,(H,23,26). The summed E-state index contributed by atoms with van der Waals surface area (Å²) in [5.74, 6) is 0.649. The second kappa shape index (κ2) is 7.81. The third kappa shape index (κ3) is 3.72. The van der Waals surface area contributed by atoms with Gasteiger partial charge < -0.3 is 19.9 Å². The van der Waals surface area contributed by atoms with Crippen molar-refractivity contribution in [3.05, 3.63) is 66.2 Å². The van der Waals surface area contributed by atoms with Gasteiger partial charge in [-0.2, -0.15) is 0 Å². The summed E-state index contributed by atoms with van der Waals surface area (Å²) in [4.78, 5) is 17.3. The summed E-state index contributed by atoms with van der Waals surface area (Å²) in [6.45, 7) is 0. The van der Waals surface area contributed by atoms with E-state index >= 15 is 0 Å². The molecule has 29 heavy (non-hydrogen) atoms. The molecule has 1 aromatic heterocycles. The molecule has 7 heteroatoms. The maximum atomic E-state index is 12.7. The van der Waals surface area contributed by atoms with Gasteiger partial charge in [-0.1, -0.05) is 12.1 Å². The summed E-state index contributed by atoms with van der Waals surface area (Å²) in [5, 5.41) is 14.0. The maximum absolute atomic E-state index is 12.7. The van der Waals surface area contributed by atoms with E-state index in [2.05, 4.69) is 10.3 Å². The number of benzene rings is 3. The molecular formula is C22H18N2O4S. The van der Waals surface area contributed by atoms with Crippen molar-refractivity contribution in [3.63, 3.8) is 0 Å². The Balaban J connectivity index is 1.61. The number of hydrogen-bond donors (Lipinski definition) is 2. The number of carbonyl (C=O) groups excluding carboxylic acids is 1. The van der Waals surface area contributed by atoms with Gasteiger partial charge in [0.25, 0.3) is 5.91 Å². The molecule has 2 N–H and O–H groups in total. The van der Waals surface area contributed by atoms with Crippen LogP contribution in [0.4, 0.5) is 5.69 Å². The van der Waals surface area contributed by atoms with Crippen molar-refractivity contribution >= 4 is 33.1 Å². The predicted molar refractivity (Wildman–Crippen MR) is 114 cm³/mol. The molecule has 0 saturated carbocycles. The highest BCUT2D eigenvalue weighted by Gasteiger charge is 2.16. The minimum atomic E-state index is -0.368. The molecule has 4 rings (SSSR count). The van der Waals surface area contributed by atoms with E-state index in [0.717, 1.165) is 15.2 Å². The number of phenols is 1. The molecule has 0 fully saturated rings. The number of para-hydroxylation sites is 1. The SMILES string of the molecule is COc1ccc(OC)c(C(=O)Nc2ccc(-c3nc4ccccc4s3)c(O)c2)c1. The van der Waals surface area contributed by atoms with E-state index < -0.39 is 0 Å². The van der Waals surface area contributed by atoms with Crippen molar-refractivity contribution in [2.24, 2.45) is 0 Å². The van der Waals surface area contributed by atoms with Crippen LogP contribution in [0.1, 0.15) is 10.4 Å². The van der Waals surface area contributed by atoms with E-state index in [1.807, 2.05) is 24.3 Å². The Morgan fingerprint density at radius 1 is 1.03 bits per heavy atom. The van der Waals surface area contributed by atoms with Crippen molar-refractivity contribution in [1.29, 1.82) is 0 Å². The average molecular weight is 406 g/mol. The number of nitrogens with zero attached hydrogens (tertiary/aromatic N) is 1. The van der Waals surface area contributed by atoms with E-state index in [9.17, 15) is 9.90 Å². The highest BCUT2D eigenvalue weighted by molar-refractivity contribution is 7.21. The van der Waals surface area contributed by atoms with E-state index in [-0.39, 0.29) is 11.7 Å². The number of aromatic nitrogens is 1. The first-order valence-electron chi connectivity index (χ1n) is 8.81. The van der Waals surface area contributed by atoms with E-state index in [1.54, 1.807) is 30.3 Å². The van der Waals surface area contributed by atoms with Crippen LogP contribution < -0.4 is 14.8 Å². The fourth-order valence-corrected chi connectivity index (χ4v) is 3.97. The van der Waals surface area contributed by atoms with Gasteiger partial charge in [0.05, 0.1) is 35.6 Å². The monoisotopic (exact) mass is 406 g/mol. The summed E-state index contributed by atoms with van der Waals surface area (Å²) in [5.41, 5.74) is 2.29. The molecule has 0 aliphatic carbocycles. The van der Waals surface area contributed by atoms with Gasteiger partial charge in [-0.25, -0.2) is 4.98 Å². The smallest absolute Gasteiger partial charge is 0.259 e. The molecule has 146 valence electrons. The largest absolute Gasteiger partial charge is 0.507 e. The van der Waals surface area contributed by atoms with Crippen LogP contribution in [0.25, 0.3) is 20.8 Å². The van der Waals surface area contributed by atoms with Gasteiger partial charge in [0.1, 0.15) is 22.3 Å². The minimum Gasteiger partial charge on any atom is -0.507 e. The summed E-state index contributed by atoms with van der Waals surface area (Å²) in [7, 11) is 3.03. The fourth-order valence-electron chi connectivity index (χ4n) is 2.97. The number of carbonyl (C=O) groups is 1. The number of anilines is 1. The number of rotatable bonds is 5. The lowest BCUT2D eigenvalue weighted by atomic mass is 10.1. The second-order valence-corrected chi connectivity index (χ2v) is 7.27. The number of thiazole rings is 1. The Hall–Kier alpha value is -3.58. The number of nitrogens with one attached hydrogen (secondary N) is 1. The normalized spacial score (nSPS) is 10.7. The van der Waals surface area contributed by atoms with Crippen LogP contribution in [0.5, 0.6) is 17.2 Å². The number of ether oxygens (including phenoxy) is 2. The molecule has 4 aromatic rings. The summed E-state index contributed by atoms with van der Waals surface area (Å²) in [6.07, 6.45) is 0. The topological polar surface area (TPSA) is 80.7 Å². The number of amides is 1. The van der Waals surface area contributed by atoms with Crippen molar-refractivity contribution in [2.75, 3.05) is 19.5 Å². The number of methoxy groups -OCH3 is 2. The Kier molecular flexibility index (Phi) is 5.05. The van der Waals surface area contributed by atoms with Crippen LogP contribution in [-0.4, -0.2) is 30.2 Å². The average Bonchev–Trinajstić information content (AvgIpc) is 3.17. The zero-order valence-corrected chi connectivity index (χ0v) is 16.6. The molecule has 0 spiro atoms. The van der Waals surface area contributed by atoms with Gasteiger partial charge in [-0.05, 0) is 42.5 Å². The Labute approximate surface area is 171 Å². The van der Waals surface area contributed by atoms with E-state index in [1.165, 1.54) is 31.6 Å². The third-order valence-corrected chi connectivity index (χ3v) is 5.50. The predicted octanol–water partition coefficient (Wildman–Crippen LogP) is 4.94. The molecule has 0 atom stereocenters. The van der Waals surface area contributed by atoms with Gasteiger partial charge in [-0.3, -0.25) is 4.79 Å². The van der Waals surface area contributed by atoms with Crippen molar-refractivity contribution in [3.8, 4) is 27.8 Å². The molecule has 1 heterocycles. The Morgan fingerprint density at radius 3 is 2.59 bits per heavy atom. The van der Waals surface area contributed by atoms with Crippen molar-refractivity contribution < 1.29 is 19.4 Å². The van der Waals surface area contributed by atoms with Gasteiger partial charge in [0.15, 0.2) is 0 Å². The Morgan fingerprint density at radius 2 is 1.86 bits per heavy atom. The van der Waals surface area contributed by atoms with Crippen LogP contribution in [0.3, 0.4) is 0 Å². The van der Waals surface area contributed by atoms with Crippen LogP contribution in [-0.2, 0) is 0 Å². The second-order valence-electron chi connectivity index (χ2n) is 6.24. The van der Waals surface area contributed by atoms with E-state index in [4.69, 9.17) is 9.47 Å². The van der Waals surface area contributed by atoms with Crippen LogP contribution in [0.2, 0.25) is 0 Å². The maximum Gasteiger partial charge on any atom is 0.259 e. The zero-order valence-electron chi connectivity index (χ0n) is 15.8. The van der Waals surface area contributed by atoms with Crippen molar-refractivity contribution in [1.82, 2.24) is 4.98 Å². The quantitative estimate of drug-likeness (QED) is 0.491. The molecule has 0 aliphatic rings. The van der Waals surface area contributed by atoms with Crippen LogP contribution in [0.15, 0.2) is 60.7 Å². The molecule has 1 amide bonds. The van der Waals surface area contributed by atoms with Gasteiger partial charge >= 0.3 is 0 Å². The molecule has 0 aliphatic heterocycles. The van der Waals surface area contributed by atoms with Crippen LogP contribution >= 0.6 is 11.3 Å². The summed E-state index contributed by atoms with van der Waals surface area (Å²) >= 11 is 1.50. The summed E-state index contributed by atoms with van der Waals surface area (Å²) < 4.78 is 11.5. The summed E-state index contributed by atoms with van der Waals surface area (Å²) in [6, 6.07) is 17.8. The molecule has 0 bridgehead atoms. The lowest BCUT2D eigenvalue weighted by Crippen LogP contribution is -2.13. The van der Waals surface area contributed by atoms with Gasteiger partial charge in [0, 0.05) is 11.8 Å². The molecule has 0 radical (unpaired) electrons. The molecule has 3 aromatic carbocycles. The first-order valence-corrected chi connectivity index (χ1v) is 9.63. The first-order chi connectivity index (χ1) is 14.1. The van der Waals surface area contributed by atoms with E-state index in [0.29, 0.717) is 28.3 Å². The third-order valence-electron chi connectivity index (χ3n) is 4.43. The van der Waals surface area contributed by atoms with Gasteiger partial charge in [0.2, 0.25) is 0 Å². The number of hydrogen-bond acceptors (Lipinski definition) is 6. The fraction of sp³-hybridized carbons (Fsp3) is 0.0909.